The second kappa shape index (κ2) is 7.59. The first-order valence-electron chi connectivity index (χ1n) is 7.79. The smallest absolute Gasteiger partial charge is 0.352 e. The number of carbonyl (C=O) groups excluding carboxylic acids is 1. The highest BCUT2D eigenvalue weighted by atomic mass is 35.5. The zero-order chi connectivity index (χ0) is 19.6. The van der Waals surface area contributed by atoms with E-state index in [0.717, 1.165) is 0 Å². The number of hydrogen-bond donors (Lipinski definition) is 0. The normalized spacial score (nSPS) is 10.5. The third-order valence-electron chi connectivity index (χ3n) is 3.71. The summed E-state index contributed by atoms with van der Waals surface area (Å²) in [6.45, 7) is 1.19. The van der Waals surface area contributed by atoms with Gasteiger partial charge in [-0.2, -0.15) is 0 Å². The molecule has 1 aromatic heterocycles. The largest absolute Gasteiger partial charge is 0.493 e. The Morgan fingerprint density at radius 2 is 1.85 bits per heavy atom. The Balaban J connectivity index is 2.24. The average molecular weight is 391 g/mol. The number of fused-ring (bicyclic) bond motifs is 1. The fraction of sp³-hybridized carbons (Fsp3) is 0.158. The molecule has 0 spiro atoms. The van der Waals surface area contributed by atoms with Crippen molar-refractivity contribution < 1.29 is 28.5 Å². The van der Waals surface area contributed by atoms with Crippen molar-refractivity contribution in [2.75, 3.05) is 14.2 Å². The molecule has 0 bridgehead atoms. The Kier molecular flexibility index (Phi) is 5.23. The minimum absolute atomic E-state index is 0.0228. The molecule has 0 aliphatic rings. The highest BCUT2D eigenvalue weighted by Gasteiger charge is 2.22. The van der Waals surface area contributed by atoms with Gasteiger partial charge in [-0.05, 0) is 24.3 Å². The van der Waals surface area contributed by atoms with Crippen molar-refractivity contribution >= 4 is 28.5 Å². The highest BCUT2D eigenvalue weighted by Crippen LogP contribution is 2.45. The van der Waals surface area contributed by atoms with Gasteiger partial charge in [-0.25, -0.2) is 4.79 Å². The number of methoxy groups -OCH3 is 2. The molecule has 2 aromatic carbocycles. The maximum absolute atomic E-state index is 12.5. The summed E-state index contributed by atoms with van der Waals surface area (Å²) in [5.74, 6) is -0.0147. The molecule has 7 nitrogen and oxygen atoms in total. The van der Waals surface area contributed by atoms with Gasteiger partial charge in [-0.1, -0.05) is 17.7 Å². The number of carbonyl (C=O) groups is 1. The van der Waals surface area contributed by atoms with E-state index in [9.17, 15) is 9.59 Å². The molecule has 0 saturated heterocycles. The van der Waals surface area contributed by atoms with Gasteiger partial charge in [-0.15, -0.1) is 0 Å². The maximum atomic E-state index is 12.5. The summed E-state index contributed by atoms with van der Waals surface area (Å²) in [6, 6.07) is 9.42. The number of para-hydroxylation sites is 1. The highest BCUT2D eigenvalue weighted by molar-refractivity contribution is 6.34. The fourth-order valence-electron chi connectivity index (χ4n) is 2.56. The van der Waals surface area contributed by atoms with Gasteiger partial charge in [0, 0.05) is 13.0 Å². The molecular weight excluding hydrogens is 376 g/mol. The molecule has 3 rings (SSSR count). The van der Waals surface area contributed by atoms with Crippen molar-refractivity contribution in [3.8, 4) is 28.6 Å². The van der Waals surface area contributed by atoms with Crippen molar-refractivity contribution in [3.05, 3.63) is 51.6 Å². The first-order valence-corrected chi connectivity index (χ1v) is 8.17. The summed E-state index contributed by atoms with van der Waals surface area (Å²) in [6.07, 6.45) is 0. The molecule has 3 aromatic rings. The zero-order valence-electron chi connectivity index (χ0n) is 14.7. The number of hydrogen-bond acceptors (Lipinski definition) is 7. The second-order valence-electron chi connectivity index (χ2n) is 5.43. The van der Waals surface area contributed by atoms with Gasteiger partial charge in [-0.3, -0.25) is 14.6 Å². The Hall–Kier alpha value is -3.19. The van der Waals surface area contributed by atoms with Crippen LogP contribution in [0.5, 0.6) is 17.2 Å². The lowest BCUT2D eigenvalue weighted by Gasteiger charge is -2.15. The van der Waals surface area contributed by atoms with Crippen molar-refractivity contribution in [2.24, 2.45) is 0 Å². The van der Waals surface area contributed by atoms with E-state index in [4.69, 9.17) is 30.4 Å². The molecule has 0 radical (unpaired) electrons. The van der Waals surface area contributed by atoms with Crippen LogP contribution in [0.1, 0.15) is 6.92 Å². The Bertz CT molecular complexity index is 1070. The van der Waals surface area contributed by atoms with Crippen LogP contribution in [0, 0.1) is 0 Å². The van der Waals surface area contributed by atoms with E-state index in [-0.39, 0.29) is 34.0 Å². The molecule has 27 heavy (non-hydrogen) atoms. The third-order valence-corrected chi connectivity index (χ3v) is 4.01. The Labute approximate surface area is 158 Å². The van der Waals surface area contributed by atoms with E-state index in [1.165, 1.54) is 27.2 Å². The van der Waals surface area contributed by atoms with Gasteiger partial charge >= 0.3 is 5.97 Å². The van der Waals surface area contributed by atoms with Gasteiger partial charge in [0.1, 0.15) is 5.76 Å². The molecule has 140 valence electrons. The maximum Gasteiger partial charge on any atom is 0.352 e. The van der Waals surface area contributed by atoms with Crippen LogP contribution in [0.2, 0.25) is 5.02 Å². The molecular formula is C19H15ClO7. The Morgan fingerprint density at radius 1 is 1.07 bits per heavy atom. The van der Waals surface area contributed by atoms with Crippen LogP contribution in [-0.4, -0.2) is 20.2 Å². The molecule has 0 saturated carbocycles. The topological polar surface area (TPSA) is 84.2 Å². The second-order valence-corrected chi connectivity index (χ2v) is 5.83. The molecule has 0 N–H and O–H groups in total. The molecule has 0 aliphatic carbocycles. The van der Waals surface area contributed by atoms with Crippen LogP contribution in [-0.2, 0) is 9.68 Å². The van der Waals surface area contributed by atoms with E-state index in [2.05, 4.69) is 4.89 Å². The minimum Gasteiger partial charge on any atom is -0.493 e. The lowest BCUT2D eigenvalue weighted by atomic mass is 10.1. The molecule has 0 unspecified atom stereocenters. The first-order chi connectivity index (χ1) is 13.0. The Morgan fingerprint density at radius 3 is 2.52 bits per heavy atom. The third kappa shape index (κ3) is 3.54. The molecule has 0 atom stereocenters. The van der Waals surface area contributed by atoms with Crippen molar-refractivity contribution in [3.63, 3.8) is 0 Å². The predicted molar refractivity (Wildman–Crippen MR) is 98.4 cm³/mol. The van der Waals surface area contributed by atoms with Gasteiger partial charge in [0.05, 0.1) is 30.2 Å². The van der Waals surface area contributed by atoms with E-state index in [1.807, 2.05) is 0 Å². The molecule has 0 aliphatic heterocycles. The fourth-order valence-corrected chi connectivity index (χ4v) is 2.77. The van der Waals surface area contributed by atoms with Gasteiger partial charge in [0.2, 0.25) is 0 Å². The van der Waals surface area contributed by atoms with Crippen LogP contribution in [0.3, 0.4) is 0 Å². The van der Waals surface area contributed by atoms with E-state index in [1.54, 1.807) is 30.3 Å². The van der Waals surface area contributed by atoms with Crippen LogP contribution in [0.15, 0.2) is 45.6 Å². The number of ether oxygens (including phenoxy) is 2. The predicted octanol–water partition coefficient (Wildman–Crippen LogP) is 3.99. The standard InChI is InChI=1S/C19H15ClO7/c1-10(21)26-27-19-15(23-2)8-7-12(18(19)24-3)16-9-14(22)11-5-4-6-13(20)17(11)25-16/h4-9H,1-3H3. The average Bonchev–Trinajstić information content (AvgIpc) is 2.66. The van der Waals surface area contributed by atoms with E-state index < -0.39 is 5.97 Å². The van der Waals surface area contributed by atoms with Crippen molar-refractivity contribution in [1.29, 1.82) is 0 Å². The monoisotopic (exact) mass is 390 g/mol. The molecule has 0 fully saturated rings. The van der Waals surface area contributed by atoms with Crippen molar-refractivity contribution in [1.82, 2.24) is 0 Å². The molecule has 8 heteroatoms. The number of rotatable bonds is 5. The summed E-state index contributed by atoms with van der Waals surface area (Å²) in [5.41, 5.74) is 0.371. The zero-order valence-corrected chi connectivity index (χ0v) is 15.5. The van der Waals surface area contributed by atoms with Gasteiger partial charge in [0.15, 0.2) is 22.5 Å². The van der Waals surface area contributed by atoms with E-state index >= 15 is 0 Å². The summed E-state index contributed by atoms with van der Waals surface area (Å²) in [7, 11) is 2.82. The summed E-state index contributed by atoms with van der Waals surface area (Å²) < 4.78 is 16.5. The van der Waals surface area contributed by atoms with Crippen LogP contribution in [0.4, 0.5) is 0 Å². The van der Waals surface area contributed by atoms with Gasteiger partial charge in [0.25, 0.3) is 5.75 Å². The molecule has 0 amide bonds. The van der Waals surface area contributed by atoms with Crippen LogP contribution < -0.4 is 19.8 Å². The number of halogens is 1. The first kappa shape index (κ1) is 18.6. The van der Waals surface area contributed by atoms with Crippen LogP contribution in [0.25, 0.3) is 22.3 Å². The van der Waals surface area contributed by atoms with Crippen molar-refractivity contribution in [2.45, 2.75) is 6.92 Å². The van der Waals surface area contributed by atoms with E-state index in [0.29, 0.717) is 16.0 Å². The molecule has 1 heterocycles. The number of benzene rings is 2. The van der Waals surface area contributed by atoms with Gasteiger partial charge < -0.3 is 13.9 Å². The quantitative estimate of drug-likeness (QED) is 0.481. The summed E-state index contributed by atoms with van der Waals surface area (Å²) in [4.78, 5) is 33.2. The lowest BCUT2D eigenvalue weighted by molar-refractivity contribution is -0.211. The van der Waals surface area contributed by atoms with Crippen LogP contribution >= 0.6 is 11.6 Å². The summed E-state index contributed by atoms with van der Waals surface area (Å²) in [5, 5.41) is 0.658. The lowest BCUT2D eigenvalue weighted by Crippen LogP contribution is -2.06. The minimum atomic E-state index is -0.659. The summed E-state index contributed by atoms with van der Waals surface area (Å²) >= 11 is 6.16. The SMILES string of the molecule is COc1ccc(-c2cc(=O)c3cccc(Cl)c3o2)c(OC)c1OOC(C)=O.